The molecule has 4 rings (SSSR count). The minimum atomic E-state index is -1.01. The van der Waals surface area contributed by atoms with Gasteiger partial charge in [-0.05, 0) is 43.0 Å². The van der Waals surface area contributed by atoms with Crippen LogP contribution in [0.25, 0.3) is 0 Å². The van der Waals surface area contributed by atoms with Crippen molar-refractivity contribution in [3.05, 3.63) is 70.7 Å². The van der Waals surface area contributed by atoms with Crippen molar-refractivity contribution in [2.24, 2.45) is 10.8 Å². The Balaban J connectivity index is 1.55. The zero-order valence-electron chi connectivity index (χ0n) is 24.1. The topological polar surface area (TPSA) is 136 Å². The molecule has 42 heavy (non-hydrogen) atoms. The van der Waals surface area contributed by atoms with Gasteiger partial charge < -0.3 is 24.4 Å². The second-order valence-corrected chi connectivity index (χ2v) is 11.2. The Kier molecular flexibility index (Phi) is 10.4. The zero-order chi connectivity index (χ0) is 30.3. The molecule has 2 aliphatic heterocycles. The molecule has 0 unspecified atom stereocenters. The Bertz CT molecular complexity index is 1290. The van der Waals surface area contributed by atoms with E-state index in [0.717, 1.165) is 22.6 Å². The van der Waals surface area contributed by atoms with Crippen LogP contribution in [0.15, 0.2) is 59.6 Å². The number of hydrazine groups is 1. The van der Waals surface area contributed by atoms with Crippen LogP contribution >= 0.6 is 11.6 Å². The van der Waals surface area contributed by atoms with E-state index in [9.17, 15) is 14.4 Å². The van der Waals surface area contributed by atoms with E-state index in [1.54, 1.807) is 17.9 Å². The Hall–Kier alpha value is -3.67. The average molecular weight is 600 g/mol. The molecule has 0 saturated carbocycles. The molecule has 2 heterocycles. The summed E-state index contributed by atoms with van der Waals surface area (Å²) in [6, 6.07) is 14.9. The summed E-state index contributed by atoms with van der Waals surface area (Å²) in [6.45, 7) is 4.00. The quantitative estimate of drug-likeness (QED) is 0.175. The van der Waals surface area contributed by atoms with Gasteiger partial charge in [-0.1, -0.05) is 54.1 Å². The number of halogens is 1. The van der Waals surface area contributed by atoms with Gasteiger partial charge in [0.1, 0.15) is 30.8 Å². The Morgan fingerprint density at radius 3 is 2.64 bits per heavy atom. The van der Waals surface area contributed by atoms with Gasteiger partial charge in [-0.25, -0.2) is 15.6 Å². The van der Waals surface area contributed by atoms with E-state index < -0.39 is 35.7 Å². The molecule has 2 aromatic rings. The summed E-state index contributed by atoms with van der Waals surface area (Å²) in [5, 5.41) is 4.19. The second-order valence-electron chi connectivity index (χ2n) is 10.8. The molecule has 0 aliphatic carbocycles. The van der Waals surface area contributed by atoms with Crippen molar-refractivity contribution < 1.29 is 28.6 Å². The minimum Gasteiger partial charge on any atom is -0.477 e. The second kappa shape index (κ2) is 14.0. The van der Waals surface area contributed by atoms with Gasteiger partial charge in [0.05, 0.1) is 12.7 Å². The monoisotopic (exact) mass is 599 g/mol. The Labute approximate surface area is 250 Å². The van der Waals surface area contributed by atoms with E-state index in [1.165, 1.54) is 14.0 Å². The molecule has 226 valence electrons. The number of rotatable bonds is 11. The fourth-order valence-corrected chi connectivity index (χ4v) is 5.35. The smallest absolute Gasteiger partial charge is 0.332 e. The molecule has 2 aromatic carbocycles. The maximum atomic E-state index is 14.0. The summed E-state index contributed by atoms with van der Waals surface area (Å²) >= 11 is 6.21. The Morgan fingerprint density at radius 2 is 1.95 bits per heavy atom. The lowest BCUT2D eigenvalue weighted by molar-refractivity contribution is -0.143. The zero-order valence-corrected chi connectivity index (χ0v) is 24.9. The fourth-order valence-electron chi connectivity index (χ4n) is 5.13. The number of nitrogens with two attached hydrogens (primary N) is 1. The molecule has 0 radical (unpaired) electrons. The highest BCUT2D eigenvalue weighted by atomic mass is 35.5. The van der Waals surface area contributed by atoms with Gasteiger partial charge in [-0.3, -0.25) is 14.6 Å². The molecule has 1 fully saturated rings. The first-order valence-electron chi connectivity index (χ1n) is 13.9. The summed E-state index contributed by atoms with van der Waals surface area (Å²) in [7, 11) is 1.40. The van der Waals surface area contributed by atoms with Crippen molar-refractivity contribution in [1.82, 2.24) is 15.2 Å². The summed E-state index contributed by atoms with van der Waals surface area (Å²) < 4.78 is 17.5. The van der Waals surface area contributed by atoms with Gasteiger partial charge in [0.2, 0.25) is 11.8 Å². The van der Waals surface area contributed by atoms with Crippen molar-refractivity contribution in [3.8, 4) is 0 Å². The third kappa shape index (κ3) is 7.99. The molecule has 0 bridgehead atoms. The van der Waals surface area contributed by atoms with E-state index in [1.807, 2.05) is 48.5 Å². The van der Waals surface area contributed by atoms with Crippen LogP contribution in [0.5, 0.6) is 0 Å². The number of benzene rings is 2. The number of esters is 1. The van der Waals surface area contributed by atoms with Gasteiger partial charge in [0, 0.05) is 32.0 Å². The number of hydrogen-bond donors (Lipinski definition) is 2. The predicted octanol–water partition coefficient (Wildman–Crippen LogP) is 3.09. The standard InChI is InChI=1S/C30H38ClN5O6/c1-20(40-17-22-9-5-4-6-10-22)26(33-29(39)35(3)32)28(38)36-14-8-13-25(36)27-34-30(19-42-27,18-41-21(2)37)16-23-11-7-12-24(31)15-23/h4-7,9-12,15,20,25-26H,8,13-14,16-19,32H2,1-3H3,(H,33,39)/t20-,25+,26+,30+/m1/s1. The predicted molar refractivity (Wildman–Crippen MR) is 158 cm³/mol. The summed E-state index contributed by atoms with van der Waals surface area (Å²) in [5.74, 6) is 5.30. The van der Waals surface area contributed by atoms with Crippen LogP contribution in [0.4, 0.5) is 4.79 Å². The van der Waals surface area contributed by atoms with Crippen LogP contribution < -0.4 is 11.2 Å². The first kappa shape index (κ1) is 31.3. The number of urea groups is 1. The summed E-state index contributed by atoms with van der Waals surface area (Å²) in [4.78, 5) is 44.9. The average Bonchev–Trinajstić information content (AvgIpc) is 3.61. The van der Waals surface area contributed by atoms with Gasteiger partial charge in [0.25, 0.3) is 0 Å². The van der Waals surface area contributed by atoms with Gasteiger partial charge in [-0.15, -0.1) is 0 Å². The van der Waals surface area contributed by atoms with Crippen LogP contribution in [-0.4, -0.2) is 84.2 Å². The molecular formula is C30H38ClN5O6. The highest BCUT2D eigenvalue weighted by molar-refractivity contribution is 6.30. The van der Waals surface area contributed by atoms with Crippen molar-refractivity contribution >= 4 is 35.4 Å². The number of nitrogens with zero attached hydrogens (tertiary/aromatic N) is 3. The van der Waals surface area contributed by atoms with E-state index in [0.29, 0.717) is 30.3 Å². The van der Waals surface area contributed by atoms with Crippen molar-refractivity contribution in [3.63, 3.8) is 0 Å². The van der Waals surface area contributed by atoms with Crippen LogP contribution in [0.1, 0.15) is 37.8 Å². The maximum absolute atomic E-state index is 14.0. The van der Waals surface area contributed by atoms with Crippen molar-refractivity contribution in [2.45, 2.75) is 63.4 Å². The van der Waals surface area contributed by atoms with Gasteiger partial charge in [-0.2, -0.15) is 0 Å². The third-order valence-corrected chi connectivity index (χ3v) is 7.55. The summed E-state index contributed by atoms with van der Waals surface area (Å²) in [6.07, 6.45) is 1.11. The normalized spacial score (nSPS) is 21.2. The lowest BCUT2D eigenvalue weighted by Crippen LogP contribution is -2.58. The number of amides is 3. The fraction of sp³-hybridized carbons (Fsp3) is 0.467. The third-order valence-electron chi connectivity index (χ3n) is 7.31. The number of carbonyl (C=O) groups is 3. The van der Waals surface area contributed by atoms with E-state index in [4.69, 9.17) is 36.6 Å². The highest BCUT2D eigenvalue weighted by Gasteiger charge is 2.45. The number of nitrogens with one attached hydrogen (secondary N) is 1. The molecule has 2 aliphatic rings. The number of aliphatic imine (C=N–C) groups is 1. The molecule has 11 nitrogen and oxygen atoms in total. The van der Waals surface area contributed by atoms with Gasteiger partial charge >= 0.3 is 12.0 Å². The molecule has 0 spiro atoms. The van der Waals surface area contributed by atoms with E-state index >= 15 is 0 Å². The molecule has 12 heteroatoms. The number of carbonyl (C=O) groups excluding carboxylic acids is 3. The van der Waals surface area contributed by atoms with Crippen LogP contribution in [0, 0.1) is 0 Å². The first-order chi connectivity index (χ1) is 20.1. The van der Waals surface area contributed by atoms with Crippen molar-refractivity contribution in [1.29, 1.82) is 0 Å². The highest BCUT2D eigenvalue weighted by Crippen LogP contribution is 2.31. The molecule has 3 N–H and O–H groups in total. The van der Waals surface area contributed by atoms with Crippen LogP contribution in [0.2, 0.25) is 5.02 Å². The molecule has 3 amide bonds. The van der Waals surface area contributed by atoms with Crippen LogP contribution in [0.3, 0.4) is 0 Å². The minimum absolute atomic E-state index is 0.0187. The number of likely N-dealkylation sites (tertiary alicyclic amines) is 1. The number of hydrogen-bond acceptors (Lipinski definition) is 8. The molecular weight excluding hydrogens is 562 g/mol. The maximum Gasteiger partial charge on any atom is 0.332 e. The lowest BCUT2D eigenvalue weighted by Gasteiger charge is -2.32. The molecule has 0 aromatic heterocycles. The SMILES string of the molecule is CC(=O)OC[C@@]1(Cc2cccc(Cl)c2)COC([C@@H]2CCCN2C(=O)[C@@H](NC(=O)N(C)N)[C@@H](C)OCc2ccccc2)=N1. The van der Waals surface area contributed by atoms with Crippen molar-refractivity contribution in [2.75, 3.05) is 26.8 Å². The van der Waals surface area contributed by atoms with Gasteiger partial charge in [0.15, 0.2) is 0 Å². The largest absolute Gasteiger partial charge is 0.477 e. The molecule has 4 atom stereocenters. The van der Waals surface area contributed by atoms with E-state index in [2.05, 4.69) is 5.32 Å². The van der Waals surface area contributed by atoms with E-state index in [-0.39, 0.29) is 25.7 Å². The van der Waals surface area contributed by atoms with Crippen LogP contribution in [-0.2, 0) is 36.8 Å². The first-order valence-corrected chi connectivity index (χ1v) is 14.3. The number of ether oxygens (including phenoxy) is 3. The summed E-state index contributed by atoms with van der Waals surface area (Å²) in [5.41, 5.74) is 0.986. The lowest BCUT2D eigenvalue weighted by atomic mass is 9.93. The Morgan fingerprint density at radius 1 is 1.21 bits per heavy atom. The molecule has 1 saturated heterocycles.